The summed E-state index contributed by atoms with van der Waals surface area (Å²) in [4.78, 5) is 24.4. The number of carbonyl (C=O) groups is 2. The van der Waals surface area contributed by atoms with Crippen LogP contribution in [0.3, 0.4) is 0 Å². The highest BCUT2D eigenvalue weighted by Crippen LogP contribution is 2.30. The number of nitrogens with one attached hydrogen (secondary N) is 1. The van der Waals surface area contributed by atoms with E-state index < -0.39 is 23.4 Å². The number of hydrogen-bond acceptors (Lipinski definition) is 3. The average molecular weight is 353 g/mol. The van der Waals surface area contributed by atoms with Crippen molar-refractivity contribution in [3.8, 4) is 0 Å². The third-order valence-corrected chi connectivity index (χ3v) is 3.53. The highest BCUT2D eigenvalue weighted by atomic mass is 19.4. The van der Waals surface area contributed by atoms with Crippen molar-refractivity contribution in [2.24, 2.45) is 7.05 Å². The van der Waals surface area contributed by atoms with Gasteiger partial charge in [-0.25, -0.2) is 0 Å². The molecule has 0 aliphatic rings. The van der Waals surface area contributed by atoms with Crippen LogP contribution in [0.4, 0.5) is 18.9 Å². The fraction of sp³-hybridized carbons (Fsp3) is 0.353. The number of Topliss-reactive ketones (excluding diaryl/α,β-unsaturated/α-hetero) is 1. The number of halogens is 3. The Labute approximate surface area is 142 Å². The third kappa shape index (κ3) is 4.26. The molecule has 1 aromatic heterocycles. The molecular weight excluding hydrogens is 335 g/mol. The number of anilines is 1. The van der Waals surface area contributed by atoms with E-state index in [0.29, 0.717) is 5.69 Å². The Kier molecular flexibility index (Phi) is 4.74. The first-order valence-electron chi connectivity index (χ1n) is 7.47. The molecule has 1 amide bonds. The predicted molar refractivity (Wildman–Crippen MR) is 86.3 cm³/mol. The predicted octanol–water partition coefficient (Wildman–Crippen LogP) is 3.56. The second-order valence-corrected chi connectivity index (χ2v) is 6.65. The Morgan fingerprint density at radius 1 is 1.12 bits per heavy atom. The zero-order valence-corrected chi connectivity index (χ0v) is 14.2. The summed E-state index contributed by atoms with van der Waals surface area (Å²) in [5, 5.41) is 6.40. The van der Waals surface area contributed by atoms with Gasteiger partial charge in [0.05, 0.1) is 11.3 Å². The van der Waals surface area contributed by atoms with Gasteiger partial charge in [-0.1, -0.05) is 26.8 Å². The van der Waals surface area contributed by atoms with Crippen molar-refractivity contribution >= 4 is 17.4 Å². The summed E-state index contributed by atoms with van der Waals surface area (Å²) in [6.07, 6.45) is -4.53. The largest absolute Gasteiger partial charge is 0.416 e. The molecular formula is C17H18F3N3O2. The van der Waals surface area contributed by atoms with Gasteiger partial charge >= 0.3 is 6.18 Å². The summed E-state index contributed by atoms with van der Waals surface area (Å²) >= 11 is 0. The lowest BCUT2D eigenvalue weighted by Gasteiger charge is -2.13. The lowest BCUT2D eigenvalue weighted by Crippen LogP contribution is -2.25. The molecule has 25 heavy (non-hydrogen) atoms. The van der Waals surface area contributed by atoms with E-state index in [4.69, 9.17) is 0 Å². The number of aromatic nitrogens is 2. The molecule has 1 N–H and O–H groups in total. The number of amides is 1. The topological polar surface area (TPSA) is 64.0 Å². The van der Waals surface area contributed by atoms with E-state index in [-0.39, 0.29) is 16.8 Å². The molecule has 0 saturated heterocycles. The number of hydrogen-bond donors (Lipinski definition) is 1. The van der Waals surface area contributed by atoms with Gasteiger partial charge in [-0.15, -0.1) is 0 Å². The van der Waals surface area contributed by atoms with Gasteiger partial charge in [-0.2, -0.15) is 18.3 Å². The Bertz CT molecular complexity index is 817. The summed E-state index contributed by atoms with van der Waals surface area (Å²) in [6.45, 7) is 5.73. The minimum absolute atomic E-state index is 0.0643. The Morgan fingerprint density at radius 3 is 2.28 bits per heavy atom. The van der Waals surface area contributed by atoms with E-state index in [0.717, 1.165) is 18.2 Å². The standard InChI is InChI=1S/C17H18F3N3O2/c1-16(2,3)13-9-12(23(4)22-13)14(24)15(25)21-11-7-5-6-10(8-11)17(18,19)20/h5-9H,1-4H3,(H,21,25). The highest BCUT2D eigenvalue weighted by molar-refractivity contribution is 6.46. The van der Waals surface area contributed by atoms with Crippen molar-refractivity contribution in [2.75, 3.05) is 5.32 Å². The Balaban J connectivity index is 2.22. The van der Waals surface area contributed by atoms with E-state index in [1.807, 2.05) is 20.8 Å². The van der Waals surface area contributed by atoms with Crippen LogP contribution in [-0.2, 0) is 23.4 Å². The van der Waals surface area contributed by atoms with E-state index >= 15 is 0 Å². The van der Waals surface area contributed by atoms with Gasteiger partial charge in [-0.3, -0.25) is 14.3 Å². The van der Waals surface area contributed by atoms with Crippen molar-refractivity contribution in [3.63, 3.8) is 0 Å². The third-order valence-electron chi connectivity index (χ3n) is 3.53. The van der Waals surface area contributed by atoms with Crippen LogP contribution < -0.4 is 5.32 Å². The second-order valence-electron chi connectivity index (χ2n) is 6.65. The maximum atomic E-state index is 12.7. The highest BCUT2D eigenvalue weighted by Gasteiger charge is 2.31. The van der Waals surface area contributed by atoms with Crippen LogP contribution in [0.5, 0.6) is 0 Å². The van der Waals surface area contributed by atoms with Crippen molar-refractivity contribution in [1.29, 1.82) is 0 Å². The fourth-order valence-corrected chi connectivity index (χ4v) is 2.12. The number of rotatable bonds is 3. The average Bonchev–Trinajstić information content (AvgIpc) is 2.88. The number of nitrogens with zero attached hydrogens (tertiary/aromatic N) is 2. The molecule has 134 valence electrons. The van der Waals surface area contributed by atoms with Gasteiger partial charge in [0.25, 0.3) is 11.7 Å². The van der Waals surface area contributed by atoms with E-state index in [2.05, 4.69) is 10.4 Å². The van der Waals surface area contributed by atoms with Gasteiger partial charge in [0.1, 0.15) is 5.69 Å². The molecule has 5 nitrogen and oxygen atoms in total. The van der Waals surface area contributed by atoms with E-state index in [1.165, 1.54) is 23.9 Å². The van der Waals surface area contributed by atoms with Crippen LogP contribution in [0.1, 0.15) is 42.5 Å². The zero-order valence-electron chi connectivity index (χ0n) is 14.2. The van der Waals surface area contributed by atoms with Gasteiger partial charge in [0.2, 0.25) is 0 Å². The summed E-state index contributed by atoms with van der Waals surface area (Å²) in [5.74, 6) is -1.90. The SMILES string of the molecule is Cn1nc(C(C)(C)C)cc1C(=O)C(=O)Nc1cccc(C(F)(F)F)c1. The van der Waals surface area contributed by atoms with Crippen LogP contribution in [0.2, 0.25) is 0 Å². The summed E-state index contributed by atoms with van der Waals surface area (Å²) < 4.78 is 39.4. The van der Waals surface area contributed by atoms with Gasteiger partial charge in [0, 0.05) is 18.2 Å². The van der Waals surface area contributed by atoms with Crippen LogP contribution >= 0.6 is 0 Å². The molecule has 0 unspecified atom stereocenters. The molecule has 0 radical (unpaired) electrons. The normalized spacial score (nSPS) is 12.1. The molecule has 0 fully saturated rings. The first-order chi connectivity index (χ1) is 11.4. The molecule has 0 bridgehead atoms. The zero-order chi connectivity index (χ0) is 19.0. The van der Waals surface area contributed by atoms with Crippen LogP contribution in [0.15, 0.2) is 30.3 Å². The monoisotopic (exact) mass is 353 g/mol. The molecule has 0 saturated carbocycles. The maximum Gasteiger partial charge on any atom is 0.416 e. The number of carbonyl (C=O) groups excluding carboxylic acids is 2. The first kappa shape index (κ1) is 18.7. The first-order valence-corrected chi connectivity index (χ1v) is 7.47. The molecule has 2 rings (SSSR count). The minimum atomic E-state index is -4.53. The maximum absolute atomic E-state index is 12.7. The summed E-state index contributed by atoms with van der Waals surface area (Å²) in [7, 11) is 1.53. The summed E-state index contributed by atoms with van der Waals surface area (Å²) in [5.41, 5.74) is -0.632. The van der Waals surface area contributed by atoms with Crippen LogP contribution in [-0.4, -0.2) is 21.5 Å². The quantitative estimate of drug-likeness (QED) is 0.678. The van der Waals surface area contributed by atoms with E-state index in [9.17, 15) is 22.8 Å². The van der Waals surface area contributed by atoms with Crippen molar-refractivity contribution < 1.29 is 22.8 Å². The molecule has 0 aliphatic heterocycles. The molecule has 0 atom stereocenters. The lowest BCUT2D eigenvalue weighted by atomic mass is 9.92. The molecule has 0 spiro atoms. The number of benzene rings is 1. The Morgan fingerprint density at radius 2 is 1.76 bits per heavy atom. The lowest BCUT2D eigenvalue weighted by molar-refractivity contribution is -0.137. The second kappa shape index (κ2) is 6.34. The molecule has 8 heteroatoms. The van der Waals surface area contributed by atoms with Crippen molar-refractivity contribution in [2.45, 2.75) is 32.4 Å². The number of ketones is 1. The summed E-state index contributed by atoms with van der Waals surface area (Å²) in [6, 6.07) is 5.60. The number of alkyl halides is 3. The smallest absolute Gasteiger partial charge is 0.319 e. The number of aryl methyl sites for hydroxylation is 1. The molecule has 1 heterocycles. The van der Waals surface area contributed by atoms with Crippen LogP contribution in [0, 0.1) is 0 Å². The van der Waals surface area contributed by atoms with Gasteiger partial charge in [0.15, 0.2) is 0 Å². The molecule has 1 aromatic carbocycles. The van der Waals surface area contributed by atoms with E-state index in [1.54, 1.807) is 0 Å². The minimum Gasteiger partial charge on any atom is -0.319 e. The fourth-order valence-electron chi connectivity index (χ4n) is 2.12. The van der Waals surface area contributed by atoms with Crippen molar-refractivity contribution in [1.82, 2.24) is 9.78 Å². The van der Waals surface area contributed by atoms with Gasteiger partial charge in [-0.05, 0) is 24.3 Å². The van der Waals surface area contributed by atoms with Crippen LogP contribution in [0.25, 0.3) is 0 Å². The molecule has 0 aliphatic carbocycles. The Hall–Kier alpha value is -2.64. The van der Waals surface area contributed by atoms with Crippen molar-refractivity contribution in [3.05, 3.63) is 47.3 Å². The van der Waals surface area contributed by atoms with Gasteiger partial charge < -0.3 is 5.32 Å². The molecule has 2 aromatic rings.